The van der Waals surface area contributed by atoms with E-state index in [1.54, 1.807) is 4.57 Å². The van der Waals surface area contributed by atoms with Gasteiger partial charge in [0.25, 0.3) is 0 Å². The zero-order valence-electron chi connectivity index (χ0n) is 25.4. The van der Waals surface area contributed by atoms with Crippen LogP contribution in [-0.4, -0.2) is 68.0 Å². The Morgan fingerprint density at radius 2 is 1.82 bits per heavy atom. The van der Waals surface area contributed by atoms with E-state index >= 15 is 0 Å². The van der Waals surface area contributed by atoms with Crippen LogP contribution in [-0.2, 0) is 33.8 Å². The number of anilines is 1. The van der Waals surface area contributed by atoms with Crippen LogP contribution >= 0.6 is 0 Å². The van der Waals surface area contributed by atoms with Gasteiger partial charge in [-0.15, -0.1) is 0 Å². The average molecular weight is 602 g/mol. The van der Waals surface area contributed by atoms with Crippen LogP contribution < -0.4 is 16.2 Å². The maximum atomic E-state index is 13.9. The second-order valence-corrected chi connectivity index (χ2v) is 11.0. The van der Waals surface area contributed by atoms with E-state index in [2.05, 4.69) is 21.9 Å². The van der Waals surface area contributed by atoms with Crippen LogP contribution in [0.3, 0.4) is 0 Å². The van der Waals surface area contributed by atoms with Crippen molar-refractivity contribution in [2.24, 2.45) is 0 Å². The number of unbranched alkanes of at least 4 members (excludes halogenated alkanes) is 1. The fraction of sp³-hybridized carbons (Fsp3) is 0.406. The Hall–Kier alpha value is -4.71. The lowest BCUT2D eigenvalue weighted by Gasteiger charge is -2.29. The normalized spacial score (nSPS) is 14.5. The molecule has 44 heavy (non-hydrogen) atoms. The van der Waals surface area contributed by atoms with Crippen molar-refractivity contribution in [3.05, 3.63) is 81.3 Å². The summed E-state index contributed by atoms with van der Waals surface area (Å²) >= 11 is 0. The average Bonchev–Trinajstić information content (AvgIpc) is 3.53. The number of rotatable bonds is 13. The largest absolute Gasteiger partial charge is 0.469 e. The van der Waals surface area contributed by atoms with E-state index < -0.39 is 11.9 Å². The molecule has 1 aliphatic heterocycles. The van der Waals surface area contributed by atoms with Crippen molar-refractivity contribution in [2.45, 2.75) is 58.8 Å². The molecule has 2 aromatic heterocycles. The number of aromatic amines is 1. The van der Waals surface area contributed by atoms with Gasteiger partial charge in [0.15, 0.2) is 11.5 Å². The number of methoxy groups -OCH3 is 1. The molecule has 0 spiro atoms. The van der Waals surface area contributed by atoms with Crippen LogP contribution in [0.15, 0.2) is 53.3 Å². The predicted octanol–water partition coefficient (Wildman–Crippen LogP) is 3.40. The molecule has 3 heterocycles. The summed E-state index contributed by atoms with van der Waals surface area (Å²) in [7, 11) is 1.37. The quantitative estimate of drug-likeness (QED) is 0.174. The first-order chi connectivity index (χ1) is 21.3. The minimum absolute atomic E-state index is 0.0612. The predicted molar refractivity (Wildman–Crippen MR) is 166 cm³/mol. The Balaban J connectivity index is 1.43. The minimum Gasteiger partial charge on any atom is -0.469 e. The molecule has 4 aromatic rings. The lowest BCUT2D eigenvalue weighted by molar-refractivity contribution is -0.139. The molecule has 232 valence electrons. The number of esters is 1. The zero-order chi connectivity index (χ0) is 31.2. The number of aromatic nitrogens is 4. The van der Waals surface area contributed by atoms with Crippen LogP contribution in [0, 0.1) is 0 Å². The summed E-state index contributed by atoms with van der Waals surface area (Å²) < 4.78 is 12.0. The Morgan fingerprint density at radius 1 is 1.07 bits per heavy atom. The van der Waals surface area contributed by atoms with Gasteiger partial charge in [0, 0.05) is 19.6 Å². The van der Waals surface area contributed by atoms with Gasteiger partial charge >= 0.3 is 17.7 Å². The molecular weight excluding hydrogens is 562 g/mol. The van der Waals surface area contributed by atoms with Crippen LogP contribution in [0.25, 0.3) is 11.2 Å². The Morgan fingerprint density at radius 3 is 2.55 bits per heavy atom. The number of hydrogen-bond donors (Lipinski definition) is 2. The van der Waals surface area contributed by atoms with Crippen LogP contribution in [0.5, 0.6) is 6.01 Å². The van der Waals surface area contributed by atoms with Gasteiger partial charge in [-0.3, -0.25) is 19.1 Å². The Kier molecular flexibility index (Phi) is 9.59. The van der Waals surface area contributed by atoms with E-state index in [4.69, 9.17) is 15.2 Å². The molecule has 0 saturated heterocycles. The van der Waals surface area contributed by atoms with Crippen molar-refractivity contribution in [2.75, 3.05) is 32.5 Å². The number of nitrogens with two attached hydrogens (primary N) is 1. The fourth-order valence-corrected chi connectivity index (χ4v) is 5.54. The molecule has 0 bridgehead atoms. The number of nitrogens with zero attached hydrogens (tertiary/aromatic N) is 5. The van der Waals surface area contributed by atoms with Crippen LogP contribution in [0.2, 0.25) is 0 Å². The molecule has 1 amide bonds. The topological polar surface area (TPSA) is 149 Å². The van der Waals surface area contributed by atoms with Crippen molar-refractivity contribution >= 4 is 28.9 Å². The Bertz CT molecular complexity index is 1680. The zero-order valence-corrected chi connectivity index (χ0v) is 25.4. The molecule has 0 saturated carbocycles. The molecule has 2 aromatic carbocycles. The Labute approximate surface area is 255 Å². The highest BCUT2D eigenvalue weighted by Gasteiger charge is 2.36. The molecule has 0 aliphatic carbocycles. The second-order valence-electron chi connectivity index (χ2n) is 11.0. The van der Waals surface area contributed by atoms with E-state index in [0.717, 1.165) is 41.5 Å². The number of H-pyrrole nitrogens is 1. The number of imidazole rings is 1. The molecule has 0 radical (unpaired) electrons. The molecule has 0 fully saturated rings. The van der Waals surface area contributed by atoms with Gasteiger partial charge in [0.2, 0.25) is 5.91 Å². The van der Waals surface area contributed by atoms with Gasteiger partial charge in [0.05, 0.1) is 26.7 Å². The van der Waals surface area contributed by atoms with Crippen molar-refractivity contribution in [1.82, 2.24) is 29.3 Å². The SMILES string of the molecule is CCCCOc1nc(N)c2[nH]c(=O)n(C3c4ccccc4CN3CC(=O)N(CCC)Cc3ccc(CC(=O)OC)cc3)c2n1. The second kappa shape index (κ2) is 13.7. The van der Waals surface area contributed by atoms with Crippen molar-refractivity contribution in [3.8, 4) is 6.01 Å². The highest BCUT2D eigenvalue weighted by Crippen LogP contribution is 2.36. The number of fused-ring (bicyclic) bond motifs is 2. The third-order valence-electron chi connectivity index (χ3n) is 7.76. The first kappa shape index (κ1) is 30.7. The van der Waals surface area contributed by atoms with Gasteiger partial charge in [-0.1, -0.05) is 68.8 Å². The number of benzene rings is 2. The number of ether oxygens (including phenoxy) is 2. The number of nitrogen functional groups attached to an aromatic ring is 1. The number of carbonyl (C=O) groups is 2. The van der Waals surface area contributed by atoms with Gasteiger partial charge in [-0.05, 0) is 35.1 Å². The maximum Gasteiger partial charge on any atom is 0.329 e. The summed E-state index contributed by atoms with van der Waals surface area (Å²) in [6, 6.07) is 15.6. The first-order valence-corrected chi connectivity index (χ1v) is 15.0. The molecule has 1 atom stereocenters. The monoisotopic (exact) mass is 601 g/mol. The lowest BCUT2D eigenvalue weighted by atomic mass is 10.1. The third-order valence-corrected chi connectivity index (χ3v) is 7.76. The number of carbonyl (C=O) groups excluding carboxylic acids is 2. The standard InChI is InChI=1S/C32H39N7O5/c1-4-6-16-44-31-35-28(33)27-29(36-31)39(32(42)34-27)30-24-10-8-7-9-23(24)19-38(30)20-25(40)37(15-5-2)18-22-13-11-21(12-14-22)17-26(41)43-3/h7-14,30H,4-6,15-20H2,1-3H3,(H,34,42)(H2,33,35,36). The smallest absolute Gasteiger partial charge is 0.329 e. The third kappa shape index (κ3) is 6.60. The number of hydrogen-bond acceptors (Lipinski definition) is 9. The lowest BCUT2D eigenvalue weighted by Crippen LogP contribution is -2.42. The molecule has 5 rings (SSSR count). The first-order valence-electron chi connectivity index (χ1n) is 15.0. The van der Waals surface area contributed by atoms with Crippen LogP contribution in [0.4, 0.5) is 5.82 Å². The highest BCUT2D eigenvalue weighted by atomic mass is 16.5. The summed E-state index contributed by atoms with van der Waals surface area (Å²) in [5.74, 6) is -0.239. The summed E-state index contributed by atoms with van der Waals surface area (Å²) in [5.41, 5.74) is 10.2. The van der Waals surface area contributed by atoms with Gasteiger partial charge < -0.3 is 25.1 Å². The fourth-order valence-electron chi connectivity index (χ4n) is 5.54. The van der Waals surface area contributed by atoms with Crippen LogP contribution in [0.1, 0.15) is 61.5 Å². The van der Waals surface area contributed by atoms with E-state index in [0.29, 0.717) is 37.4 Å². The summed E-state index contributed by atoms with van der Waals surface area (Å²) in [5, 5.41) is 0. The van der Waals surface area contributed by atoms with Gasteiger partial charge in [-0.2, -0.15) is 9.97 Å². The number of amides is 1. The van der Waals surface area contributed by atoms with E-state index in [1.165, 1.54) is 7.11 Å². The maximum absolute atomic E-state index is 13.9. The van der Waals surface area contributed by atoms with E-state index in [-0.39, 0.29) is 36.7 Å². The number of nitrogens with one attached hydrogen (secondary N) is 1. The van der Waals surface area contributed by atoms with Gasteiger partial charge in [-0.25, -0.2) is 4.79 Å². The molecule has 12 nitrogen and oxygen atoms in total. The van der Waals surface area contributed by atoms with Crippen molar-refractivity contribution in [1.29, 1.82) is 0 Å². The summed E-state index contributed by atoms with van der Waals surface area (Å²) in [6.07, 6.45) is 2.18. The van der Waals surface area contributed by atoms with E-state index in [1.807, 2.05) is 65.3 Å². The minimum atomic E-state index is -0.588. The molecule has 12 heteroatoms. The molecule has 3 N–H and O–H groups in total. The summed E-state index contributed by atoms with van der Waals surface area (Å²) in [6.45, 7) is 6.08. The highest BCUT2D eigenvalue weighted by molar-refractivity contribution is 5.82. The van der Waals surface area contributed by atoms with E-state index in [9.17, 15) is 14.4 Å². The molecule has 1 aliphatic rings. The molecular formula is C32H39N7O5. The summed E-state index contributed by atoms with van der Waals surface area (Å²) in [4.78, 5) is 54.4. The van der Waals surface area contributed by atoms with Gasteiger partial charge in [0.1, 0.15) is 11.7 Å². The molecule has 1 unspecified atom stereocenters. The van der Waals surface area contributed by atoms with Crippen molar-refractivity contribution < 1.29 is 19.1 Å². The van der Waals surface area contributed by atoms with Crippen molar-refractivity contribution in [3.63, 3.8) is 0 Å².